The molecule has 0 spiro atoms. The summed E-state index contributed by atoms with van der Waals surface area (Å²) >= 11 is 1.12. The molecule has 0 heterocycles. The molecule has 0 rings (SSSR count). The Bertz CT molecular complexity index is 256. The maximum absolute atomic E-state index is 10.8. The van der Waals surface area contributed by atoms with Gasteiger partial charge in [0.05, 0.1) is 6.42 Å². The first-order valence-electron chi connectivity index (χ1n) is 5.74. The van der Waals surface area contributed by atoms with E-state index in [0.717, 1.165) is 24.6 Å². The molecule has 0 aliphatic heterocycles. The predicted molar refractivity (Wildman–Crippen MR) is 68.2 cm³/mol. The van der Waals surface area contributed by atoms with E-state index in [4.69, 9.17) is 15.9 Å². The SMILES string of the molecule is CCC(CC)[C@@H](N)CSC(CC(=O)O)C(=O)O. The van der Waals surface area contributed by atoms with Gasteiger partial charge in [-0.1, -0.05) is 26.7 Å². The van der Waals surface area contributed by atoms with Gasteiger partial charge in [0.1, 0.15) is 5.25 Å². The predicted octanol–water partition coefficient (Wildman–Crippen LogP) is 1.41. The zero-order valence-corrected chi connectivity index (χ0v) is 11.1. The minimum atomic E-state index is -1.10. The topological polar surface area (TPSA) is 101 Å². The average molecular weight is 263 g/mol. The van der Waals surface area contributed by atoms with Crippen molar-refractivity contribution in [2.75, 3.05) is 5.75 Å². The molecule has 0 bridgehead atoms. The van der Waals surface area contributed by atoms with Crippen LogP contribution < -0.4 is 5.73 Å². The standard InChI is InChI=1S/C11H21NO4S/c1-3-7(4-2)8(12)6-17-9(11(15)16)5-10(13)14/h7-9H,3-6,12H2,1-2H3,(H,13,14)(H,15,16)/t8-,9?/m0/s1. The molecule has 0 aliphatic rings. The molecule has 0 aromatic heterocycles. The summed E-state index contributed by atoms with van der Waals surface area (Å²) in [6, 6.07) is -0.0781. The lowest BCUT2D eigenvalue weighted by atomic mass is 9.96. The molecule has 100 valence electrons. The molecule has 17 heavy (non-hydrogen) atoms. The molecule has 0 aromatic carbocycles. The molecule has 2 atom stereocenters. The number of carboxylic acid groups (broad SMARTS) is 2. The van der Waals surface area contributed by atoms with Crippen molar-refractivity contribution in [3.63, 3.8) is 0 Å². The summed E-state index contributed by atoms with van der Waals surface area (Å²) in [5.41, 5.74) is 5.96. The molecule has 0 aromatic rings. The third-order valence-corrected chi connectivity index (χ3v) is 4.13. The second-order valence-electron chi connectivity index (χ2n) is 4.00. The molecule has 6 heteroatoms. The van der Waals surface area contributed by atoms with E-state index < -0.39 is 17.2 Å². The van der Waals surface area contributed by atoms with Crippen molar-refractivity contribution in [1.82, 2.24) is 0 Å². The Hall–Kier alpha value is -0.750. The van der Waals surface area contributed by atoms with Crippen LogP contribution in [0.5, 0.6) is 0 Å². The zero-order chi connectivity index (χ0) is 13.4. The summed E-state index contributed by atoms with van der Waals surface area (Å²) in [6.07, 6.45) is 1.54. The number of carboxylic acids is 2. The van der Waals surface area contributed by atoms with Crippen molar-refractivity contribution >= 4 is 23.7 Å². The number of carbonyl (C=O) groups is 2. The Morgan fingerprint density at radius 3 is 2.12 bits per heavy atom. The van der Waals surface area contributed by atoms with E-state index in [1.165, 1.54) is 0 Å². The Kier molecular flexibility index (Phi) is 7.99. The van der Waals surface area contributed by atoms with Crippen LogP contribution in [-0.2, 0) is 9.59 Å². The van der Waals surface area contributed by atoms with Crippen LogP contribution in [0.3, 0.4) is 0 Å². The lowest BCUT2D eigenvalue weighted by Crippen LogP contribution is -2.33. The smallest absolute Gasteiger partial charge is 0.317 e. The van der Waals surface area contributed by atoms with Gasteiger partial charge in [0.15, 0.2) is 0 Å². The molecule has 5 nitrogen and oxygen atoms in total. The van der Waals surface area contributed by atoms with Crippen molar-refractivity contribution in [1.29, 1.82) is 0 Å². The van der Waals surface area contributed by atoms with Crippen LogP contribution in [0.4, 0.5) is 0 Å². The molecular formula is C11H21NO4S. The van der Waals surface area contributed by atoms with Gasteiger partial charge in [-0.3, -0.25) is 9.59 Å². The van der Waals surface area contributed by atoms with Crippen LogP contribution in [0.2, 0.25) is 0 Å². The quantitative estimate of drug-likeness (QED) is 0.581. The summed E-state index contributed by atoms with van der Waals surface area (Å²) in [5, 5.41) is 16.5. The van der Waals surface area contributed by atoms with Crippen LogP contribution in [0.25, 0.3) is 0 Å². The number of hydrogen-bond donors (Lipinski definition) is 3. The molecule has 4 N–H and O–H groups in total. The van der Waals surface area contributed by atoms with Gasteiger partial charge in [-0.15, -0.1) is 11.8 Å². The molecule has 0 saturated heterocycles. The minimum absolute atomic E-state index is 0.0781. The van der Waals surface area contributed by atoms with E-state index in [0.29, 0.717) is 11.7 Å². The average Bonchev–Trinajstić information content (AvgIpc) is 2.25. The van der Waals surface area contributed by atoms with E-state index in [9.17, 15) is 9.59 Å². The Balaban J connectivity index is 4.20. The van der Waals surface area contributed by atoms with Gasteiger partial charge < -0.3 is 15.9 Å². The zero-order valence-electron chi connectivity index (χ0n) is 10.3. The Morgan fingerprint density at radius 2 is 1.76 bits per heavy atom. The van der Waals surface area contributed by atoms with Gasteiger partial charge >= 0.3 is 11.9 Å². The van der Waals surface area contributed by atoms with E-state index in [1.807, 2.05) is 13.8 Å². The fourth-order valence-electron chi connectivity index (χ4n) is 1.63. The van der Waals surface area contributed by atoms with Crippen molar-refractivity contribution < 1.29 is 19.8 Å². The van der Waals surface area contributed by atoms with E-state index in [2.05, 4.69) is 0 Å². The lowest BCUT2D eigenvalue weighted by molar-refractivity contribution is -0.142. The molecule has 0 radical (unpaired) electrons. The fourth-order valence-corrected chi connectivity index (χ4v) is 2.76. The van der Waals surface area contributed by atoms with E-state index >= 15 is 0 Å². The molecule has 0 fully saturated rings. The van der Waals surface area contributed by atoms with Crippen LogP contribution >= 0.6 is 11.8 Å². The summed E-state index contributed by atoms with van der Waals surface area (Å²) in [4.78, 5) is 21.3. The van der Waals surface area contributed by atoms with Crippen LogP contribution in [0.15, 0.2) is 0 Å². The second-order valence-corrected chi connectivity index (χ2v) is 5.23. The van der Waals surface area contributed by atoms with Crippen LogP contribution in [-0.4, -0.2) is 39.2 Å². The fraction of sp³-hybridized carbons (Fsp3) is 0.818. The van der Waals surface area contributed by atoms with Gasteiger partial charge in [0, 0.05) is 11.8 Å². The Morgan fingerprint density at radius 1 is 1.24 bits per heavy atom. The maximum Gasteiger partial charge on any atom is 0.317 e. The molecule has 0 saturated carbocycles. The Labute approximate surface area is 106 Å². The lowest BCUT2D eigenvalue weighted by Gasteiger charge is -2.22. The summed E-state index contributed by atoms with van der Waals surface area (Å²) < 4.78 is 0. The normalized spacial score (nSPS) is 14.6. The largest absolute Gasteiger partial charge is 0.481 e. The van der Waals surface area contributed by atoms with Gasteiger partial charge in [0.2, 0.25) is 0 Å². The van der Waals surface area contributed by atoms with Crippen molar-refractivity contribution in [2.24, 2.45) is 11.7 Å². The first kappa shape index (κ1) is 16.2. The highest BCUT2D eigenvalue weighted by atomic mass is 32.2. The van der Waals surface area contributed by atoms with Crippen molar-refractivity contribution in [3.8, 4) is 0 Å². The van der Waals surface area contributed by atoms with Gasteiger partial charge in [-0.2, -0.15) is 0 Å². The third kappa shape index (κ3) is 6.53. The van der Waals surface area contributed by atoms with Crippen molar-refractivity contribution in [2.45, 2.75) is 44.4 Å². The number of thioether (sulfide) groups is 1. The maximum atomic E-state index is 10.8. The van der Waals surface area contributed by atoms with E-state index in [1.54, 1.807) is 0 Å². The van der Waals surface area contributed by atoms with E-state index in [-0.39, 0.29) is 12.5 Å². The highest BCUT2D eigenvalue weighted by Gasteiger charge is 2.23. The number of nitrogens with two attached hydrogens (primary N) is 1. The highest BCUT2D eigenvalue weighted by Crippen LogP contribution is 2.20. The second kappa shape index (κ2) is 8.36. The third-order valence-electron chi connectivity index (χ3n) is 2.78. The first-order valence-corrected chi connectivity index (χ1v) is 6.78. The van der Waals surface area contributed by atoms with Gasteiger partial charge in [0.25, 0.3) is 0 Å². The molecule has 0 aliphatic carbocycles. The van der Waals surface area contributed by atoms with Crippen molar-refractivity contribution in [3.05, 3.63) is 0 Å². The van der Waals surface area contributed by atoms with Crippen LogP contribution in [0.1, 0.15) is 33.1 Å². The summed E-state index contributed by atoms with van der Waals surface area (Å²) in [7, 11) is 0. The summed E-state index contributed by atoms with van der Waals surface area (Å²) in [5.74, 6) is -1.34. The minimum Gasteiger partial charge on any atom is -0.481 e. The first-order chi connectivity index (χ1) is 7.92. The summed E-state index contributed by atoms with van der Waals surface area (Å²) in [6.45, 7) is 4.09. The number of rotatable bonds is 9. The molecule has 0 amide bonds. The van der Waals surface area contributed by atoms with Gasteiger partial charge in [-0.25, -0.2) is 0 Å². The number of aliphatic carboxylic acids is 2. The van der Waals surface area contributed by atoms with Crippen LogP contribution in [0, 0.1) is 5.92 Å². The molecule has 1 unspecified atom stereocenters. The monoisotopic (exact) mass is 263 g/mol. The highest BCUT2D eigenvalue weighted by molar-refractivity contribution is 8.00. The molecular weight excluding hydrogens is 242 g/mol. The van der Waals surface area contributed by atoms with Gasteiger partial charge in [-0.05, 0) is 5.92 Å². The number of hydrogen-bond acceptors (Lipinski definition) is 4.